The minimum atomic E-state index is -4.59. The van der Waals surface area contributed by atoms with Crippen molar-refractivity contribution in [1.82, 2.24) is 19.6 Å². The Morgan fingerprint density at radius 2 is 1.79 bits per heavy atom. The van der Waals surface area contributed by atoms with E-state index in [1.165, 1.54) is 35.5 Å². The van der Waals surface area contributed by atoms with Gasteiger partial charge in [0.15, 0.2) is 5.75 Å². The van der Waals surface area contributed by atoms with Gasteiger partial charge in [0.05, 0.1) is 45.6 Å². The zero-order chi connectivity index (χ0) is 44.3. The van der Waals surface area contributed by atoms with Crippen LogP contribution in [0.2, 0.25) is 5.02 Å². The van der Waals surface area contributed by atoms with Gasteiger partial charge in [0.25, 0.3) is 21.6 Å². The molecule has 3 N–H and O–H groups in total. The first-order chi connectivity index (χ1) is 30.2. The highest BCUT2D eigenvalue weighted by Crippen LogP contribution is 2.39. The lowest BCUT2D eigenvalue weighted by molar-refractivity contribution is -0.384. The Morgan fingerprint density at radius 1 is 1.03 bits per heavy atom. The van der Waals surface area contributed by atoms with Crippen LogP contribution in [0.1, 0.15) is 61.9 Å². The predicted octanol–water partition coefficient (Wildman–Crippen LogP) is 8.43. The first-order valence-corrected chi connectivity index (χ1v) is 23.1. The summed E-state index contributed by atoms with van der Waals surface area (Å²) in [5.74, 6) is -0.167. The summed E-state index contributed by atoms with van der Waals surface area (Å²) >= 11 is 6.23. The van der Waals surface area contributed by atoms with Crippen molar-refractivity contribution in [3.63, 3.8) is 0 Å². The SMILES string of the molecule is CO[C@H]1CC[C@@H](CNc2ccc(S(=O)(=O)NC(=O)c3cccc(N4CCN(CC5=C(c6ccc(Cl)cc6)CC(C)(C)OC5)CC4)c3Oc3cnc4[nH]ccc4c3)cc2[N+](=O)[O-])CC1. The van der Waals surface area contributed by atoms with Crippen LogP contribution in [0.15, 0.2) is 95.7 Å². The van der Waals surface area contributed by atoms with E-state index in [1.54, 1.807) is 25.4 Å². The van der Waals surface area contributed by atoms with Crippen LogP contribution in [0.5, 0.6) is 11.5 Å². The van der Waals surface area contributed by atoms with E-state index in [4.69, 9.17) is 25.8 Å². The van der Waals surface area contributed by atoms with Crippen LogP contribution in [0, 0.1) is 16.0 Å². The van der Waals surface area contributed by atoms with Gasteiger partial charge in [-0.1, -0.05) is 29.8 Å². The maximum Gasteiger partial charge on any atom is 0.293 e. The van der Waals surface area contributed by atoms with Gasteiger partial charge in [0.1, 0.15) is 17.1 Å². The van der Waals surface area contributed by atoms with Crippen LogP contribution in [0.3, 0.4) is 0 Å². The lowest BCUT2D eigenvalue weighted by Crippen LogP contribution is -2.48. The molecule has 8 rings (SSSR count). The number of ether oxygens (including phenoxy) is 3. The number of methoxy groups -OCH3 is 1. The van der Waals surface area contributed by atoms with Crippen molar-refractivity contribution in [3.8, 4) is 11.5 Å². The second kappa shape index (κ2) is 18.7. The zero-order valence-corrected chi connectivity index (χ0v) is 37.1. The summed E-state index contributed by atoms with van der Waals surface area (Å²) in [7, 11) is -2.89. The number of piperazine rings is 1. The number of para-hydroxylation sites is 1. The number of rotatable bonds is 14. The first kappa shape index (κ1) is 44.1. The predicted molar refractivity (Wildman–Crippen MR) is 243 cm³/mol. The van der Waals surface area contributed by atoms with Gasteiger partial charge in [-0.05, 0) is 111 Å². The average Bonchev–Trinajstić information content (AvgIpc) is 3.75. The lowest BCUT2D eigenvalue weighted by Gasteiger charge is -2.39. The minimum absolute atomic E-state index is 0.0385. The molecule has 2 aliphatic heterocycles. The molecule has 4 heterocycles. The van der Waals surface area contributed by atoms with Gasteiger partial charge in [-0.2, -0.15) is 0 Å². The molecule has 5 aromatic rings. The number of nitrogens with one attached hydrogen (secondary N) is 3. The van der Waals surface area contributed by atoms with Crippen molar-refractivity contribution >= 4 is 61.2 Å². The van der Waals surface area contributed by atoms with Gasteiger partial charge in [0, 0.05) is 75.5 Å². The van der Waals surface area contributed by atoms with Gasteiger partial charge in [-0.15, -0.1) is 0 Å². The Kier molecular flexibility index (Phi) is 13.1. The Morgan fingerprint density at radius 3 is 2.52 bits per heavy atom. The number of aromatic amines is 1. The second-order valence-electron chi connectivity index (χ2n) is 17.0. The summed E-state index contributed by atoms with van der Waals surface area (Å²) in [6, 6.07) is 20.2. The number of benzene rings is 3. The molecule has 0 unspecified atom stereocenters. The number of hydrogen-bond acceptors (Lipinski definition) is 12. The van der Waals surface area contributed by atoms with E-state index in [2.05, 4.69) is 55.8 Å². The van der Waals surface area contributed by atoms with E-state index in [-0.39, 0.29) is 28.7 Å². The fourth-order valence-electron chi connectivity index (χ4n) is 8.68. The average molecular weight is 898 g/mol. The third kappa shape index (κ3) is 10.3. The summed E-state index contributed by atoms with van der Waals surface area (Å²) in [4.78, 5) is 37.3. The van der Waals surface area contributed by atoms with Crippen molar-refractivity contribution in [1.29, 1.82) is 0 Å². The highest BCUT2D eigenvalue weighted by Gasteiger charge is 2.32. The third-order valence-electron chi connectivity index (χ3n) is 12.2. The van der Waals surface area contributed by atoms with Crippen molar-refractivity contribution in [2.24, 2.45) is 5.92 Å². The standard InChI is InChI=1S/C46H52ClN7O8S/c1-46(2)25-39(31-9-11-34(47)12-10-31)33(29-61-46)28-52-19-21-53(22-20-52)41-6-4-5-38(43(41)62-36-23-32-17-18-48-44(32)50-27-36)45(55)51-63(58,59)37-15-16-40(42(24-37)54(56)57)49-26-30-7-13-35(60-3)14-8-30/h4-6,9-12,15-18,23-24,27,30,35,49H,7-8,13-14,19-22,25-26,28-29H2,1-3H3,(H,48,50)(H,51,55)/t30-,35+. The summed E-state index contributed by atoms with van der Waals surface area (Å²) in [6.45, 7) is 8.51. The molecule has 1 aliphatic carbocycles. The van der Waals surface area contributed by atoms with Gasteiger partial charge < -0.3 is 29.4 Å². The van der Waals surface area contributed by atoms with E-state index < -0.39 is 31.4 Å². The van der Waals surface area contributed by atoms with Crippen molar-refractivity contribution in [3.05, 3.63) is 117 Å². The third-order valence-corrected chi connectivity index (χ3v) is 13.8. The number of carbonyl (C=O) groups is 1. The number of pyridine rings is 1. The number of anilines is 2. The number of hydrogen-bond donors (Lipinski definition) is 3. The van der Waals surface area contributed by atoms with Crippen LogP contribution < -0.4 is 19.7 Å². The van der Waals surface area contributed by atoms with E-state index in [0.29, 0.717) is 67.4 Å². The highest BCUT2D eigenvalue weighted by atomic mass is 35.5. The molecule has 1 saturated heterocycles. The number of halogens is 1. The number of amides is 1. The molecule has 2 fully saturated rings. The number of aromatic nitrogens is 2. The Balaban J connectivity index is 1.02. The van der Waals surface area contributed by atoms with Crippen molar-refractivity contribution in [2.45, 2.75) is 62.6 Å². The van der Waals surface area contributed by atoms with Gasteiger partial charge in [-0.25, -0.2) is 18.1 Å². The van der Waals surface area contributed by atoms with E-state index in [9.17, 15) is 23.3 Å². The molecule has 15 nitrogen and oxygen atoms in total. The molecule has 1 amide bonds. The van der Waals surface area contributed by atoms with Crippen LogP contribution in [-0.2, 0) is 19.5 Å². The first-order valence-electron chi connectivity index (χ1n) is 21.2. The molecule has 0 atom stereocenters. The quantitative estimate of drug-likeness (QED) is 0.0716. The fourth-order valence-corrected chi connectivity index (χ4v) is 9.79. The number of H-pyrrole nitrogens is 1. The molecular weight excluding hydrogens is 846 g/mol. The molecular formula is C46H52ClN7O8S. The molecule has 17 heteroatoms. The maximum absolute atomic E-state index is 14.1. The second-order valence-corrected chi connectivity index (χ2v) is 19.2. The number of nitro groups is 1. The number of fused-ring (bicyclic) bond motifs is 1. The summed E-state index contributed by atoms with van der Waals surface area (Å²) in [6.07, 6.45) is 7.93. The van der Waals surface area contributed by atoms with E-state index in [1.807, 2.05) is 24.3 Å². The number of carbonyl (C=O) groups excluding carboxylic acids is 1. The van der Waals surface area contributed by atoms with Crippen LogP contribution in [0.4, 0.5) is 17.1 Å². The van der Waals surface area contributed by atoms with Crippen LogP contribution in [-0.4, -0.2) is 98.8 Å². The van der Waals surface area contributed by atoms with E-state index in [0.717, 1.165) is 55.7 Å². The van der Waals surface area contributed by atoms with Gasteiger partial charge >= 0.3 is 0 Å². The fraction of sp³-hybridized carbons (Fsp3) is 0.391. The molecule has 332 valence electrons. The largest absolute Gasteiger partial charge is 0.453 e. The number of sulfonamides is 1. The van der Waals surface area contributed by atoms with Crippen LogP contribution >= 0.6 is 11.6 Å². The zero-order valence-electron chi connectivity index (χ0n) is 35.6. The molecule has 0 radical (unpaired) electrons. The number of nitro benzene ring substituents is 1. The summed E-state index contributed by atoms with van der Waals surface area (Å²) < 4.78 is 48.0. The molecule has 3 aromatic carbocycles. The normalized spacial score (nSPS) is 19.5. The lowest BCUT2D eigenvalue weighted by atomic mass is 9.87. The minimum Gasteiger partial charge on any atom is -0.453 e. The maximum atomic E-state index is 14.1. The Labute approximate surface area is 372 Å². The smallest absolute Gasteiger partial charge is 0.293 e. The monoisotopic (exact) mass is 897 g/mol. The van der Waals surface area contributed by atoms with Gasteiger partial charge in [-0.3, -0.25) is 19.8 Å². The van der Waals surface area contributed by atoms with Crippen molar-refractivity contribution in [2.75, 3.05) is 63.2 Å². The molecule has 2 aromatic heterocycles. The Bertz CT molecular complexity index is 2620. The Hall–Kier alpha value is -5.52. The summed E-state index contributed by atoms with van der Waals surface area (Å²) in [5, 5.41) is 16.8. The van der Waals surface area contributed by atoms with Crippen LogP contribution in [0.25, 0.3) is 16.6 Å². The molecule has 63 heavy (non-hydrogen) atoms. The van der Waals surface area contributed by atoms with E-state index >= 15 is 0 Å². The molecule has 0 bridgehead atoms. The topological polar surface area (TPSA) is 181 Å². The number of nitrogens with zero attached hydrogens (tertiary/aromatic N) is 4. The van der Waals surface area contributed by atoms with Gasteiger partial charge in [0.2, 0.25) is 0 Å². The molecule has 1 saturated carbocycles. The van der Waals surface area contributed by atoms with Crippen molar-refractivity contribution < 1.29 is 32.3 Å². The molecule has 0 spiro atoms. The summed E-state index contributed by atoms with van der Waals surface area (Å²) in [5.41, 5.74) is 4.32. The highest BCUT2D eigenvalue weighted by molar-refractivity contribution is 7.90. The molecule has 3 aliphatic rings.